The summed E-state index contributed by atoms with van der Waals surface area (Å²) in [5.74, 6) is 0.0902. The van der Waals surface area contributed by atoms with Gasteiger partial charge in [0.25, 0.3) is 0 Å². The van der Waals surface area contributed by atoms with Crippen LogP contribution in [0.3, 0.4) is 0 Å². The van der Waals surface area contributed by atoms with Crippen LogP contribution in [0.15, 0.2) is 24.3 Å². The van der Waals surface area contributed by atoms with Gasteiger partial charge in [0.1, 0.15) is 0 Å². The summed E-state index contributed by atoms with van der Waals surface area (Å²) in [6, 6.07) is 8.99. The van der Waals surface area contributed by atoms with Crippen LogP contribution in [0.4, 0.5) is 5.69 Å². The van der Waals surface area contributed by atoms with Gasteiger partial charge >= 0.3 is 0 Å². The minimum Gasteiger partial charge on any atom is -0.326 e. The van der Waals surface area contributed by atoms with E-state index in [0.29, 0.717) is 6.04 Å². The minimum absolute atomic E-state index is 0.0902. The lowest BCUT2D eigenvalue weighted by molar-refractivity contribution is -0.124. The first-order valence-corrected chi connectivity index (χ1v) is 8.57. The molecule has 1 atom stereocenters. The number of carbonyl (C=O) groups is 1. The van der Waals surface area contributed by atoms with Crippen molar-refractivity contribution in [2.24, 2.45) is 5.41 Å². The van der Waals surface area contributed by atoms with Crippen molar-refractivity contribution < 1.29 is 4.79 Å². The fraction of sp³-hybridized carbons (Fsp3) is 0.632. The summed E-state index contributed by atoms with van der Waals surface area (Å²) in [6.45, 7) is 10.5. The quantitative estimate of drug-likeness (QED) is 0.872. The molecule has 0 aliphatic carbocycles. The lowest BCUT2D eigenvalue weighted by Gasteiger charge is -2.33. The molecule has 1 aromatic rings. The third-order valence-corrected chi connectivity index (χ3v) is 5.04. The van der Waals surface area contributed by atoms with E-state index >= 15 is 0 Å². The van der Waals surface area contributed by atoms with Gasteiger partial charge in [-0.15, -0.1) is 0 Å². The molecule has 0 radical (unpaired) electrons. The molecule has 2 rings (SSSR count). The maximum Gasteiger partial charge on any atom is 0.230 e. The van der Waals surface area contributed by atoms with Crippen LogP contribution in [0.5, 0.6) is 0 Å². The smallest absolute Gasteiger partial charge is 0.230 e. The normalized spacial score (nSPS) is 19.9. The van der Waals surface area contributed by atoms with Crippen LogP contribution >= 0.6 is 0 Å². The number of anilines is 1. The van der Waals surface area contributed by atoms with Gasteiger partial charge in [0.15, 0.2) is 0 Å². The lowest BCUT2D eigenvalue weighted by atomic mass is 9.89. The molecule has 1 aliphatic rings. The van der Waals surface area contributed by atoms with E-state index in [1.807, 2.05) is 32.9 Å². The van der Waals surface area contributed by atoms with Crippen molar-refractivity contribution in [3.63, 3.8) is 0 Å². The molecule has 1 N–H and O–H groups in total. The molecule has 0 spiro atoms. The van der Waals surface area contributed by atoms with Gasteiger partial charge in [-0.1, -0.05) is 39.3 Å². The highest BCUT2D eigenvalue weighted by Gasteiger charge is 2.25. The van der Waals surface area contributed by atoms with Crippen LogP contribution in [0.2, 0.25) is 0 Å². The summed E-state index contributed by atoms with van der Waals surface area (Å²) in [7, 11) is 0. The van der Waals surface area contributed by atoms with E-state index in [0.717, 1.165) is 18.7 Å². The molecule has 0 saturated carbocycles. The summed E-state index contributed by atoms with van der Waals surface area (Å²) in [4.78, 5) is 14.7. The second kappa shape index (κ2) is 7.28. The first kappa shape index (κ1) is 17.0. The SMILES string of the molecule is CCC(C)(C)C(=O)Nc1ccc(CN2CCCCC2C)cc1. The first-order chi connectivity index (χ1) is 10.4. The molecule has 1 saturated heterocycles. The highest BCUT2D eigenvalue weighted by atomic mass is 16.2. The zero-order chi connectivity index (χ0) is 16.2. The van der Waals surface area contributed by atoms with E-state index in [2.05, 4.69) is 29.3 Å². The second-order valence-electron chi connectivity index (χ2n) is 7.20. The largest absolute Gasteiger partial charge is 0.326 e. The van der Waals surface area contributed by atoms with Gasteiger partial charge in [-0.3, -0.25) is 9.69 Å². The number of hydrogen-bond acceptors (Lipinski definition) is 2. The van der Waals surface area contributed by atoms with Crippen molar-refractivity contribution in [1.29, 1.82) is 0 Å². The molecule has 1 amide bonds. The van der Waals surface area contributed by atoms with Gasteiger partial charge in [-0.05, 0) is 50.4 Å². The summed E-state index contributed by atoms with van der Waals surface area (Å²) >= 11 is 0. The Bertz CT molecular complexity index is 493. The zero-order valence-electron chi connectivity index (χ0n) is 14.5. The Morgan fingerprint density at radius 2 is 1.95 bits per heavy atom. The molecule has 3 nitrogen and oxygen atoms in total. The van der Waals surface area contributed by atoms with Crippen LogP contribution < -0.4 is 5.32 Å². The van der Waals surface area contributed by atoms with E-state index < -0.39 is 0 Å². The maximum atomic E-state index is 12.2. The van der Waals surface area contributed by atoms with Crippen LogP contribution in [0.1, 0.15) is 58.9 Å². The number of rotatable bonds is 5. The van der Waals surface area contributed by atoms with Gasteiger partial charge < -0.3 is 5.32 Å². The predicted molar refractivity (Wildman–Crippen MR) is 92.9 cm³/mol. The van der Waals surface area contributed by atoms with Crippen molar-refractivity contribution in [3.8, 4) is 0 Å². The second-order valence-corrected chi connectivity index (χ2v) is 7.20. The Morgan fingerprint density at radius 1 is 1.27 bits per heavy atom. The average Bonchev–Trinajstić information content (AvgIpc) is 2.51. The van der Waals surface area contributed by atoms with Crippen LogP contribution in [0.25, 0.3) is 0 Å². The van der Waals surface area contributed by atoms with Crippen molar-refractivity contribution in [2.45, 2.75) is 66.0 Å². The minimum atomic E-state index is -0.318. The fourth-order valence-corrected chi connectivity index (χ4v) is 2.78. The lowest BCUT2D eigenvalue weighted by Crippen LogP contribution is -2.36. The monoisotopic (exact) mass is 302 g/mol. The van der Waals surface area contributed by atoms with E-state index in [4.69, 9.17) is 0 Å². The number of amides is 1. The standard InChI is InChI=1S/C19H30N2O/c1-5-19(3,4)18(22)20-17-11-9-16(10-12-17)14-21-13-7-6-8-15(21)2/h9-12,15H,5-8,13-14H2,1-4H3,(H,20,22). The Hall–Kier alpha value is -1.35. The molecular formula is C19H30N2O. The average molecular weight is 302 g/mol. The molecule has 1 unspecified atom stereocenters. The molecule has 1 aromatic carbocycles. The third-order valence-electron chi connectivity index (χ3n) is 5.04. The van der Waals surface area contributed by atoms with Gasteiger partial charge in [0.05, 0.1) is 0 Å². The molecule has 122 valence electrons. The predicted octanol–water partition coefficient (Wildman–Crippen LogP) is 4.44. The Morgan fingerprint density at radius 3 is 2.55 bits per heavy atom. The van der Waals surface area contributed by atoms with E-state index in [-0.39, 0.29) is 11.3 Å². The molecule has 22 heavy (non-hydrogen) atoms. The summed E-state index contributed by atoms with van der Waals surface area (Å²) in [5, 5.41) is 3.02. The van der Waals surface area contributed by atoms with E-state index in [1.54, 1.807) is 0 Å². The van der Waals surface area contributed by atoms with Crippen LogP contribution in [0, 0.1) is 5.41 Å². The van der Waals surface area contributed by atoms with Crippen molar-refractivity contribution >= 4 is 11.6 Å². The van der Waals surface area contributed by atoms with Crippen LogP contribution in [-0.4, -0.2) is 23.4 Å². The van der Waals surface area contributed by atoms with E-state index in [1.165, 1.54) is 31.4 Å². The number of piperidine rings is 1. The molecule has 0 bridgehead atoms. The van der Waals surface area contributed by atoms with Gasteiger partial charge in [-0.2, -0.15) is 0 Å². The highest BCUT2D eigenvalue weighted by molar-refractivity contribution is 5.94. The van der Waals surface area contributed by atoms with Crippen LogP contribution in [-0.2, 0) is 11.3 Å². The molecular weight excluding hydrogens is 272 g/mol. The van der Waals surface area contributed by atoms with Gasteiger partial charge in [-0.25, -0.2) is 0 Å². The summed E-state index contributed by atoms with van der Waals surface area (Å²) in [6.07, 6.45) is 4.81. The van der Waals surface area contributed by atoms with Gasteiger partial charge in [0.2, 0.25) is 5.91 Å². The molecule has 1 fully saturated rings. The molecule has 3 heteroatoms. The Kier molecular flexibility index (Phi) is 5.63. The number of nitrogens with zero attached hydrogens (tertiary/aromatic N) is 1. The number of nitrogens with one attached hydrogen (secondary N) is 1. The van der Waals surface area contributed by atoms with Crippen molar-refractivity contribution in [2.75, 3.05) is 11.9 Å². The summed E-state index contributed by atoms with van der Waals surface area (Å²) < 4.78 is 0. The highest BCUT2D eigenvalue weighted by Crippen LogP contribution is 2.23. The van der Waals surface area contributed by atoms with Crippen molar-refractivity contribution in [1.82, 2.24) is 4.90 Å². The summed E-state index contributed by atoms with van der Waals surface area (Å²) in [5.41, 5.74) is 1.89. The Balaban J connectivity index is 1.94. The number of carbonyl (C=O) groups excluding carboxylic acids is 1. The number of benzene rings is 1. The molecule has 0 aromatic heterocycles. The van der Waals surface area contributed by atoms with Crippen molar-refractivity contribution in [3.05, 3.63) is 29.8 Å². The first-order valence-electron chi connectivity index (χ1n) is 8.57. The molecule has 1 aliphatic heterocycles. The van der Waals surface area contributed by atoms with Gasteiger partial charge in [0, 0.05) is 23.7 Å². The van der Waals surface area contributed by atoms with E-state index in [9.17, 15) is 4.79 Å². The third kappa shape index (κ3) is 4.33. The Labute approximate surface area is 135 Å². The topological polar surface area (TPSA) is 32.3 Å². The number of likely N-dealkylation sites (tertiary alicyclic amines) is 1. The number of hydrogen-bond donors (Lipinski definition) is 1. The molecule has 1 heterocycles. The zero-order valence-corrected chi connectivity index (χ0v) is 14.5. The maximum absolute atomic E-state index is 12.2. The fourth-order valence-electron chi connectivity index (χ4n) is 2.78.